The molecule has 3 aliphatic carbocycles. The second-order valence-electron chi connectivity index (χ2n) is 5.75. The van der Waals surface area contributed by atoms with Gasteiger partial charge in [0, 0.05) is 10.4 Å². The fourth-order valence-electron chi connectivity index (χ4n) is 3.65. The van der Waals surface area contributed by atoms with E-state index in [1.54, 1.807) is 0 Å². The lowest BCUT2D eigenvalue weighted by Gasteiger charge is -2.67. The summed E-state index contributed by atoms with van der Waals surface area (Å²) in [7, 11) is 0. The number of halogens is 1. The number of aromatic nitrogens is 1. The second kappa shape index (κ2) is 2.45. The molecular formula is C13H12ClNO. The van der Waals surface area contributed by atoms with Crippen LogP contribution in [0.5, 0.6) is 0 Å². The van der Waals surface area contributed by atoms with Gasteiger partial charge in [-0.2, -0.15) is 0 Å². The van der Waals surface area contributed by atoms with E-state index in [1.807, 2.05) is 18.2 Å². The predicted octanol–water partition coefficient (Wildman–Crippen LogP) is 3.92. The van der Waals surface area contributed by atoms with Crippen molar-refractivity contribution in [1.82, 2.24) is 4.98 Å². The Morgan fingerprint density at radius 3 is 2.75 bits per heavy atom. The van der Waals surface area contributed by atoms with Crippen molar-refractivity contribution in [3.63, 3.8) is 0 Å². The second-order valence-corrected chi connectivity index (χ2v) is 6.19. The summed E-state index contributed by atoms with van der Waals surface area (Å²) in [5, 5.41) is 0.719. The van der Waals surface area contributed by atoms with Gasteiger partial charge in [0.1, 0.15) is 5.52 Å². The molecule has 3 heteroatoms. The van der Waals surface area contributed by atoms with Crippen LogP contribution in [0.25, 0.3) is 11.1 Å². The molecule has 2 nitrogen and oxygen atoms in total. The first-order valence-electron chi connectivity index (χ1n) is 5.65. The van der Waals surface area contributed by atoms with Crippen LogP contribution < -0.4 is 0 Å². The third-order valence-electron chi connectivity index (χ3n) is 4.10. The van der Waals surface area contributed by atoms with E-state index in [1.165, 1.54) is 19.3 Å². The van der Waals surface area contributed by atoms with Crippen molar-refractivity contribution in [1.29, 1.82) is 0 Å². The van der Waals surface area contributed by atoms with E-state index in [0.29, 0.717) is 5.41 Å². The third kappa shape index (κ3) is 0.963. The minimum absolute atomic E-state index is 0.264. The Morgan fingerprint density at radius 2 is 2.06 bits per heavy atom. The third-order valence-corrected chi connectivity index (χ3v) is 4.33. The van der Waals surface area contributed by atoms with E-state index in [9.17, 15) is 0 Å². The van der Waals surface area contributed by atoms with Crippen LogP contribution in [0.15, 0.2) is 22.6 Å². The van der Waals surface area contributed by atoms with Gasteiger partial charge in [-0.3, -0.25) is 0 Å². The Bertz CT molecular complexity index is 581. The molecule has 3 saturated carbocycles. The molecule has 1 aromatic carbocycles. The molecule has 3 fully saturated rings. The molecule has 0 saturated heterocycles. The molecule has 5 rings (SSSR count). The van der Waals surface area contributed by atoms with Gasteiger partial charge in [-0.15, -0.1) is 0 Å². The normalized spacial score (nSPS) is 35.9. The van der Waals surface area contributed by atoms with Crippen LogP contribution in [0.3, 0.4) is 0 Å². The maximum Gasteiger partial charge on any atom is 0.201 e. The molecule has 0 N–H and O–H groups in total. The number of nitrogens with zero attached hydrogens (tertiary/aromatic N) is 1. The molecule has 0 atom stereocenters. The zero-order valence-corrected chi connectivity index (χ0v) is 9.84. The number of hydrogen-bond donors (Lipinski definition) is 0. The Hall–Kier alpha value is -1.02. The highest BCUT2D eigenvalue weighted by Crippen LogP contribution is 2.73. The summed E-state index contributed by atoms with van der Waals surface area (Å²) < 4.78 is 5.84. The van der Waals surface area contributed by atoms with Crippen molar-refractivity contribution in [2.45, 2.75) is 31.6 Å². The molecule has 0 unspecified atom stereocenters. The zero-order chi connectivity index (χ0) is 11.0. The Morgan fingerprint density at radius 1 is 1.31 bits per heavy atom. The largest absolute Gasteiger partial charge is 0.440 e. The quantitative estimate of drug-likeness (QED) is 0.746. The van der Waals surface area contributed by atoms with Crippen LogP contribution in [0.2, 0.25) is 5.02 Å². The van der Waals surface area contributed by atoms with Crippen LogP contribution >= 0.6 is 11.6 Å². The number of hydrogen-bond acceptors (Lipinski definition) is 2. The van der Waals surface area contributed by atoms with Crippen LogP contribution in [0.4, 0.5) is 0 Å². The number of rotatable bonds is 1. The topological polar surface area (TPSA) is 26.0 Å². The minimum atomic E-state index is 0.264. The van der Waals surface area contributed by atoms with Crippen LogP contribution in [-0.2, 0) is 5.41 Å². The predicted molar refractivity (Wildman–Crippen MR) is 62.7 cm³/mol. The van der Waals surface area contributed by atoms with Gasteiger partial charge in [-0.1, -0.05) is 18.5 Å². The van der Waals surface area contributed by atoms with Gasteiger partial charge >= 0.3 is 0 Å². The SMILES string of the molecule is CC12CC(c3nc4cc(Cl)ccc4o3)(C1)C2. The fourth-order valence-corrected chi connectivity index (χ4v) is 3.82. The molecular weight excluding hydrogens is 222 g/mol. The summed E-state index contributed by atoms with van der Waals surface area (Å²) in [4.78, 5) is 4.59. The van der Waals surface area contributed by atoms with Crippen molar-refractivity contribution in [3.8, 4) is 0 Å². The van der Waals surface area contributed by atoms with Crippen molar-refractivity contribution in [3.05, 3.63) is 29.1 Å². The molecule has 0 spiro atoms. The van der Waals surface area contributed by atoms with Crippen LogP contribution in [0, 0.1) is 5.41 Å². The van der Waals surface area contributed by atoms with Gasteiger partial charge in [-0.25, -0.2) is 4.98 Å². The van der Waals surface area contributed by atoms with Crippen LogP contribution in [-0.4, -0.2) is 4.98 Å². The van der Waals surface area contributed by atoms with Crippen molar-refractivity contribution < 1.29 is 4.42 Å². The summed E-state index contributed by atoms with van der Waals surface area (Å²) >= 11 is 5.94. The highest BCUT2D eigenvalue weighted by atomic mass is 35.5. The van der Waals surface area contributed by atoms with Gasteiger partial charge < -0.3 is 4.42 Å². The van der Waals surface area contributed by atoms with Gasteiger partial charge in [0.2, 0.25) is 5.89 Å². The monoisotopic (exact) mass is 233 g/mol. The number of benzene rings is 1. The Balaban J connectivity index is 1.82. The van der Waals surface area contributed by atoms with Crippen molar-refractivity contribution in [2.75, 3.05) is 0 Å². The highest BCUT2D eigenvalue weighted by molar-refractivity contribution is 6.31. The maximum absolute atomic E-state index is 5.94. The van der Waals surface area contributed by atoms with E-state index in [-0.39, 0.29) is 5.41 Å². The molecule has 3 aliphatic rings. The first-order valence-corrected chi connectivity index (χ1v) is 6.03. The molecule has 1 aromatic heterocycles. The van der Waals surface area contributed by atoms with Gasteiger partial charge in [-0.05, 0) is 42.9 Å². The lowest BCUT2D eigenvalue weighted by atomic mass is 9.36. The molecule has 2 aromatic rings. The molecule has 2 bridgehead atoms. The summed E-state index contributed by atoms with van der Waals surface area (Å²) in [6.45, 7) is 2.34. The van der Waals surface area contributed by atoms with E-state index in [4.69, 9.17) is 16.0 Å². The van der Waals surface area contributed by atoms with Gasteiger partial charge in [0.05, 0.1) is 0 Å². The minimum Gasteiger partial charge on any atom is -0.440 e. The lowest BCUT2D eigenvalue weighted by molar-refractivity contribution is -0.139. The summed E-state index contributed by atoms with van der Waals surface area (Å²) in [5.41, 5.74) is 2.59. The molecule has 82 valence electrons. The van der Waals surface area contributed by atoms with Crippen molar-refractivity contribution in [2.24, 2.45) is 5.41 Å². The molecule has 0 radical (unpaired) electrons. The Kier molecular flexibility index (Phi) is 1.39. The standard InChI is InChI=1S/C13H12ClNO/c1-12-5-13(6-12,7-12)11-15-9-4-8(14)2-3-10(9)16-11/h2-4H,5-7H2,1H3. The fraction of sp³-hybridized carbons (Fsp3) is 0.462. The first kappa shape index (κ1) is 9.06. The zero-order valence-electron chi connectivity index (χ0n) is 9.09. The van der Waals surface area contributed by atoms with E-state index in [2.05, 4.69) is 11.9 Å². The van der Waals surface area contributed by atoms with E-state index >= 15 is 0 Å². The summed E-state index contributed by atoms with van der Waals surface area (Å²) in [5.74, 6) is 0.925. The maximum atomic E-state index is 5.94. The molecule has 16 heavy (non-hydrogen) atoms. The number of oxazole rings is 1. The molecule has 0 aliphatic heterocycles. The average molecular weight is 234 g/mol. The number of fused-ring (bicyclic) bond motifs is 1. The molecule has 1 heterocycles. The highest BCUT2D eigenvalue weighted by Gasteiger charge is 2.68. The van der Waals surface area contributed by atoms with Gasteiger partial charge in [0.15, 0.2) is 5.58 Å². The van der Waals surface area contributed by atoms with E-state index < -0.39 is 0 Å². The Labute approximate surface area is 98.6 Å². The van der Waals surface area contributed by atoms with E-state index in [0.717, 1.165) is 22.0 Å². The van der Waals surface area contributed by atoms with Crippen LogP contribution in [0.1, 0.15) is 32.1 Å². The first-order chi connectivity index (χ1) is 7.59. The van der Waals surface area contributed by atoms with Gasteiger partial charge in [0.25, 0.3) is 0 Å². The smallest absolute Gasteiger partial charge is 0.201 e. The van der Waals surface area contributed by atoms with Crippen molar-refractivity contribution >= 4 is 22.7 Å². The molecule has 0 amide bonds. The lowest BCUT2D eigenvalue weighted by Crippen LogP contribution is -2.63. The average Bonchev–Trinajstić information content (AvgIpc) is 2.53. The summed E-state index contributed by atoms with van der Waals surface area (Å²) in [6.07, 6.45) is 3.71. The summed E-state index contributed by atoms with van der Waals surface area (Å²) in [6, 6.07) is 5.63.